The van der Waals surface area contributed by atoms with Crippen LogP contribution in [-0.4, -0.2) is 11.4 Å². The summed E-state index contributed by atoms with van der Waals surface area (Å²) in [4.78, 5) is 11.5. The monoisotopic (exact) mass is 224 g/mol. The highest BCUT2D eigenvalue weighted by Crippen LogP contribution is 2.27. The number of hydrogen-bond acceptors (Lipinski definition) is 2. The van der Waals surface area contributed by atoms with Crippen molar-refractivity contribution in [3.8, 4) is 0 Å². The van der Waals surface area contributed by atoms with Crippen LogP contribution in [0.3, 0.4) is 0 Å². The lowest BCUT2D eigenvalue weighted by molar-refractivity contribution is -0.120. The molecule has 1 amide bonds. The molecule has 0 radical (unpaired) electrons. The van der Waals surface area contributed by atoms with Crippen LogP contribution in [0.5, 0.6) is 0 Å². The van der Waals surface area contributed by atoms with Gasteiger partial charge in [-0.25, -0.2) is 5.43 Å². The Balaban J connectivity index is 2.40. The van der Waals surface area contributed by atoms with Gasteiger partial charge in [0, 0.05) is 0 Å². The summed E-state index contributed by atoms with van der Waals surface area (Å²) in [7, 11) is 0. The van der Waals surface area contributed by atoms with Crippen molar-refractivity contribution in [3.05, 3.63) is 34.9 Å². The molecule has 2 rings (SSSR count). The molecule has 15 heavy (non-hydrogen) atoms. The predicted molar refractivity (Wildman–Crippen MR) is 59.6 cm³/mol. The van der Waals surface area contributed by atoms with Crippen LogP contribution in [0.25, 0.3) is 0 Å². The van der Waals surface area contributed by atoms with Gasteiger partial charge in [0.05, 0.1) is 5.92 Å². The van der Waals surface area contributed by atoms with Gasteiger partial charge in [-0.05, 0) is 19.4 Å². The normalized spacial score (nSPS) is 25.4. The van der Waals surface area contributed by atoms with Crippen molar-refractivity contribution in [3.63, 3.8) is 0 Å². The molecule has 0 spiro atoms. The zero-order valence-electron chi connectivity index (χ0n) is 8.67. The van der Waals surface area contributed by atoms with Gasteiger partial charge in [-0.15, -0.1) is 11.6 Å². The summed E-state index contributed by atoms with van der Waals surface area (Å²) in [5, 5.41) is 0. The number of hydrogen-bond donors (Lipinski definition) is 2. The third-order valence-corrected chi connectivity index (χ3v) is 2.87. The van der Waals surface area contributed by atoms with Gasteiger partial charge in [0.2, 0.25) is 5.91 Å². The van der Waals surface area contributed by atoms with E-state index in [-0.39, 0.29) is 17.3 Å². The van der Waals surface area contributed by atoms with Crippen molar-refractivity contribution in [2.24, 2.45) is 0 Å². The number of carbonyl (C=O) groups is 1. The standard InChI is InChI=1S/C11H13ClN2O/c1-6-3-7(2)5-8(4-6)9-10(12)13-14-11(9)15/h3-5,9-10,13H,1-2H3,(H,14,15). The van der Waals surface area contributed by atoms with Crippen molar-refractivity contribution >= 4 is 17.5 Å². The number of nitrogens with one attached hydrogen (secondary N) is 2. The highest BCUT2D eigenvalue weighted by atomic mass is 35.5. The van der Waals surface area contributed by atoms with Gasteiger partial charge in [-0.3, -0.25) is 10.2 Å². The number of rotatable bonds is 1. The Morgan fingerprint density at radius 1 is 1.20 bits per heavy atom. The van der Waals surface area contributed by atoms with Gasteiger partial charge < -0.3 is 0 Å². The largest absolute Gasteiger partial charge is 0.290 e. The third kappa shape index (κ3) is 1.98. The third-order valence-electron chi connectivity index (χ3n) is 2.51. The number of halogens is 1. The minimum absolute atomic E-state index is 0.0694. The molecule has 80 valence electrons. The molecule has 1 aliphatic rings. The first-order valence-electron chi connectivity index (χ1n) is 4.85. The first-order chi connectivity index (χ1) is 7.08. The van der Waals surface area contributed by atoms with E-state index >= 15 is 0 Å². The first-order valence-corrected chi connectivity index (χ1v) is 5.29. The molecule has 0 aliphatic carbocycles. The van der Waals surface area contributed by atoms with Crippen LogP contribution in [-0.2, 0) is 4.79 Å². The van der Waals surface area contributed by atoms with Gasteiger partial charge in [0.1, 0.15) is 5.50 Å². The van der Waals surface area contributed by atoms with E-state index in [1.807, 2.05) is 26.0 Å². The number of hydrazine groups is 1. The molecule has 0 bridgehead atoms. The zero-order valence-corrected chi connectivity index (χ0v) is 9.43. The van der Waals surface area contributed by atoms with Gasteiger partial charge in [0.25, 0.3) is 0 Å². The Morgan fingerprint density at radius 3 is 2.27 bits per heavy atom. The summed E-state index contributed by atoms with van der Waals surface area (Å²) in [6.07, 6.45) is 0. The molecule has 1 fully saturated rings. The van der Waals surface area contributed by atoms with E-state index in [0.717, 1.165) is 16.7 Å². The van der Waals surface area contributed by atoms with Gasteiger partial charge in [-0.2, -0.15) is 0 Å². The van der Waals surface area contributed by atoms with Gasteiger partial charge in [0.15, 0.2) is 0 Å². The SMILES string of the molecule is Cc1cc(C)cc(C2C(=O)NNC2Cl)c1. The van der Waals surface area contributed by atoms with Crippen LogP contribution in [0.4, 0.5) is 0 Å². The molecular weight excluding hydrogens is 212 g/mol. The van der Waals surface area contributed by atoms with Crippen molar-refractivity contribution in [2.75, 3.05) is 0 Å². The summed E-state index contributed by atoms with van der Waals surface area (Å²) in [6, 6.07) is 6.08. The summed E-state index contributed by atoms with van der Waals surface area (Å²) < 4.78 is 0. The second-order valence-electron chi connectivity index (χ2n) is 3.93. The van der Waals surface area contributed by atoms with Gasteiger partial charge >= 0.3 is 0 Å². The van der Waals surface area contributed by atoms with E-state index < -0.39 is 0 Å². The average Bonchev–Trinajstić information content (AvgIpc) is 2.44. The maximum atomic E-state index is 11.5. The van der Waals surface area contributed by atoms with E-state index in [1.54, 1.807) is 0 Å². The molecule has 2 N–H and O–H groups in total. The predicted octanol–water partition coefficient (Wildman–Crippen LogP) is 1.59. The highest BCUT2D eigenvalue weighted by Gasteiger charge is 2.34. The fourth-order valence-electron chi connectivity index (χ4n) is 1.94. The van der Waals surface area contributed by atoms with Crippen molar-refractivity contribution in [1.29, 1.82) is 0 Å². The molecule has 2 atom stereocenters. The van der Waals surface area contributed by atoms with Crippen molar-refractivity contribution in [1.82, 2.24) is 10.9 Å². The van der Waals surface area contributed by atoms with Gasteiger partial charge in [-0.1, -0.05) is 29.3 Å². The molecular formula is C11H13ClN2O. The summed E-state index contributed by atoms with van der Waals surface area (Å²) >= 11 is 6.02. The highest BCUT2D eigenvalue weighted by molar-refractivity contribution is 6.23. The molecule has 1 heterocycles. The van der Waals surface area contributed by atoms with E-state index in [1.165, 1.54) is 0 Å². The second kappa shape index (κ2) is 3.83. The lowest BCUT2D eigenvalue weighted by Crippen LogP contribution is -2.28. The van der Waals surface area contributed by atoms with Crippen LogP contribution in [0.1, 0.15) is 22.6 Å². The van der Waals surface area contributed by atoms with Crippen molar-refractivity contribution in [2.45, 2.75) is 25.3 Å². The zero-order chi connectivity index (χ0) is 11.0. The lowest BCUT2D eigenvalue weighted by Gasteiger charge is -2.12. The van der Waals surface area contributed by atoms with Crippen LogP contribution in [0.15, 0.2) is 18.2 Å². The van der Waals surface area contributed by atoms with E-state index in [9.17, 15) is 4.79 Å². The smallest absolute Gasteiger partial charge is 0.244 e. The molecule has 1 aliphatic heterocycles. The number of carbonyl (C=O) groups excluding carboxylic acids is 1. The van der Waals surface area contributed by atoms with E-state index in [4.69, 9.17) is 11.6 Å². The molecule has 3 nitrogen and oxygen atoms in total. The number of aryl methyl sites for hydroxylation is 2. The Kier molecular flexibility index (Phi) is 2.67. The summed E-state index contributed by atoms with van der Waals surface area (Å²) in [6.45, 7) is 4.03. The number of benzene rings is 1. The molecule has 1 aromatic carbocycles. The topological polar surface area (TPSA) is 41.1 Å². The summed E-state index contributed by atoms with van der Waals surface area (Å²) in [5.74, 6) is -0.370. The Hall–Kier alpha value is -1.06. The molecule has 4 heteroatoms. The Bertz CT molecular complexity index is 385. The molecule has 1 saturated heterocycles. The Morgan fingerprint density at radius 2 is 1.80 bits per heavy atom. The van der Waals surface area contributed by atoms with Crippen LogP contribution >= 0.6 is 11.6 Å². The molecule has 1 aromatic rings. The van der Waals surface area contributed by atoms with Crippen LogP contribution < -0.4 is 10.9 Å². The fraction of sp³-hybridized carbons (Fsp3) is 0.364. The molecule has 0 aromatic heterocycles. The minimum Gasteiger partial charge on any atom is -0.290 e. The molecule has 0 saturated carbocycles. The average molecular weight is 225 g/mol. The Labute approximate surface area is 93.8 Å². The van der Waals surface area contributed by atoms with Crippen molar-refractivity contribution < 1.29 is 4.79 Å². The maximum Gasteiger partial charge on any atom is 0.244 e. The van der Waals surface area contributed by atoms with E-state index in [2.05, 4.69) is 16.9 Å². The lowest BCUT2D eigenvalue weighted by atomic mass is 9.96. The second-order valence-corrected chi connectivity index (χ2v) is 4.40. The number of alkyl halides is 1. The fourth-order valence-corrected chi connectivity index (χ4v) is 2.26. The minimum atomic E-state index is -0.376. The van der Waals surface area contributed by atoms with Crippen LogP contribution in [0.2, 0.25) is 0 Å². The van der Waals surface area contributed by atoms with E-state index in [0.29, 0.717) is 0 Å². The summed E-state index contributed by atoms with van der Waals surface area (Å²) in [5.41, 5.74) is 8.14. The number of amides is 1. The maximum absolute atomic E-state index is 11.5. The first kappa shape index (κ1) is 10.5. The molecule has 2 unspecified atom stereocenters. The quantitative estimate of drug-likeness (QED) is 0.562. The van der Waals surface area contributed by atoms with Crippen LogP contribution in [0, 0.1) is 13.8 Å².